The lowest BCUT2D eigenvalue weighted by Gasteiger charge is -2.35. The maximum absolute atomic E-state index is 13.4. The van der Waals surface area contributed by atoms with Gasteiger partial charge >= 0.3 is 0 Å². The van der Waals surface area contributed by atoms with Crippen LogP contribution in [0.4, 0.5) is 0 Å². The highest BCUT2D eigenvalue weighted by Crippen LogP contribution is 2.28. The largest absolute Gasteiger partial charge is 0.243 e. The van der Waals surface area contributed by atoms with Crippen LogP contribution in [0.3, 0.4) is 0 Å². The van der Waals surface area contributed by atoms with E-state index in [-0.39, 0.29) is 10.9 Å². The lowest BCUT2D eigenvalue weighted by atomic mass is 9.98. The second-order valence-electron chi connectivity index (χ2n) is 6.71. The molecule has 0 amide bonds. The lowest BCUT2D eigenvalue weighted by Crippen LogP contribution is -2.44. The van der Waals surface area contributed by atoms with Crippen LogP contribution in [0.1, 0.15) is 24.8 Å². The van der Waals surface area contributed by atoms with Crippen LogP contribution >= 0.6 is 0 Å². The van der Waals surface area contributed by atoms with Gasteiger partial charge in [-0.25, -0.2) is 13.1 Å². The zero-order valence-electron chi connectivity index (χ0n) is 14.8. The third-order valence-corrected chi connectivity index (χ3v) is 6.87. The van der Waals surface area contributed by atoms with E-state index in [1.54, 1.807) is 28.6 Å². The number of tetrazole rings is 1. The van der Waals surface area contributed by atoms with Crippen LogP contribution in [0.25, 0.3) is 5.69 Å². The third-order valence-electron chi connectivity index (χ3n) is 4.93. The Morgan fingerprint density at radius 3 is 2.67 bits per heavy atom. The molecule has 1 aromatic heterocycles. The Labute approximate surface area is 158 Å². The van der Waals surface area contributed by atoms with E-state index in [9.17, 15) is 8.42 Å². The summed E-state index contributed by atoms with van der Waals surface area (Å²) in [6.45, 7) is 0.551. The minimum Gasteiger partial charge on any atom is -0.207 e. The van der Waals surface area contributed by atoms with Crippen molar-refractivity contribution in [3.05, 3.63) is 66.5 Å². The summed E-state index contributed by atoms with van der Waals surface area (Å²) < 4.78 is 29.9. The number of sulfonamides is 1. The van der Waals surface area contributed by atoms with Crippen LogP contribution in [0.15, 0.2) is 65.8 Å². The Hall–Kier alpha value is -2.58. The van der Waals surface area contributed by atoms with Gasteiger partial charge in [-0.05, 0) is 53.5 Å². The van der Waals surface area contributed by atoms with Crippen molar-refractivity contribution in [2.75, 3.05) is 6.54 Å². The van der Waals surface area contributed by atoms with Crippen molar-refractivity contribution >= 4 is 10.0 Å². The normalized spacial score (nSPS) is 18.4. The first-order chi connectivity index (χ1) is 13.1. The number of rotatable bonds is 5. The van der Waals surface area contributed by atoms with E-state index in [1.165, 1.54) is 11.0 Å². The van der Waals surface area contributed by atoms with Gasteiger partial charge in [0.1, 0.15) is 6.33 Å². The predicted octanol–water partition coefficient (Wildman–Crippen LogP) is 2.45. The quantitative estimate of drug-likeness (QED) is 0.676. The highest BCUT2D eigenvalue weighted by atomic mass is 32.2. The molecule has 2 aromatic carbocycles. The molecule has 1 fully saturated rings. The summed E-state index contributed by atoms with van der Waals surface area (Å²) in [4.78, 5) is 0.274. The van der Waals surface area contributed by atoms with Gasteiger partial charge in [-0.15, -0.1) is 5.10 Å². The molecular formula is C19H21N5O2S. The van der Waals surface area contributed by atoms with Gasteiger partial charge in [0.2, 0.25) is 10.0 Å². The lowest BCUT2D eigenvalue weighted by molar-refractivity contribution is 0.251. The summed E-state index contributed by atoms with van der Waals surface area (Å²) >= 11 is 0. The van der Waals surface area contributed by atoms with Crippen LogP contribution < -0.4 is 0 Å². The predicted molar refractivity (Wildman–Crippen MR) is 101 cm³/mol. The van der Waals surface area contributed by atoms with Crippen LogP contribution in [-0.4, -0.2) is 45.5 Å². The van der Waals surface area contributed by atoms with E-state index in [0.717, 1.165) is 31.2 Å². The van der Waals surface area contributed by atoms with E-state index in [2.05, 4.69) is 27.7 Å². The molecule has 1 unspecified atom stereocenters. The van der Waals surface area contributed by atoms with Gasteiger partial charge in [0, 0.05) is 12.6 Å². The molecule has 1 atom stereocenters. The minimum atomic E-state index is -3.59. The van der Waals surface area contributed by atoms with Gasteiger partial charge in [0.15, 0.2) is 0 Å². The van der Waals surface area contributed by atoms with E-state index < -0.39 is 10.0 Å². The van der Waals surface area contributed by atoms with Crippen molar-refractivity contribution in [3.8, 4) is 5.69 Å². The smallest absolute Gasteiger partial charge is 0.207 e. The zero-order chi connectivity index (χ0) is 18.7. The number of hydrogen-bond acceptors (Lipinski definition) is 5. The van der Waals surface area contributed by atoms with Crippen LogP contribution in [-0.2, 0) is 16.4 Å². The van der Waals surface area contributed by atoms with Gasteiger partial charge in [0.25, 0.3) is 0 Å². The monoisotopic (exact) mass is 383 g/mol. The molecular weight excluding hydrogens is 362 g/mol. The van der Waals surface area contributed by atoms with Crippen LogP contribution in [0.2, 0.25) is 0 Å². The molecule has 1 saturated heterocycles. The second kappa shape index (κ2) is 7.58. The number of hydrogen-bond donors (Lipinski definition) is 0. The van der Waals surface area contributed by atoms with Gasteiger partial charge in [-0.1, -0.05) is 42.8 Å². The molecule has 7 nitrogen and oxygen atoms in total. The summed E-state index contributed by atoms with van der Waals surface area (Å²) in [7, 11) is -3.59. The molecule has 0 radical (unpaired) electrons. The zero-order valence-corrected chi connectivity index (χ0v) is 15.7. The standard InChI is InChI=1S/C19H21N5O2S/c25-27(26,19-11-6-10-17(14-19)23-15-20-21-22-23)24-12-5-4-9-18(24)13-16-7-2-1-3-8-16/h1-3,6-8,10-11,14-15,18H,4-5,9,12-13H2. The summed E-state index contributed by atoms with van der Waals surface area (Å²) in [5.41, 5.74) is 1.78. The SMILES string of the molecule is O=S(=O)(c1cccc(-n2cnnn2)c1)N1CCCCC1Cc1ccccc1. The summed E-state index contributed by atoms with van der Waals surface area (Å²) in [5, 5.41) is 11.1. The molecule has 2 heterocycles. The fraction of sp³-hybridized carbons (Fsp3) is 0.316. The van der Waals surface area contributed by atoms with E-state index in [4.69, 9.17) is 0 Å². The average Bonchev–Trinajstić information content (AvgIpc) is 3.24. The average molecular weight is 383 g/mol. The Balaban J connectivity index is 1.64. The molecule has 0 N–H and O–H groups in total. The molecule has 0 bridgehead atoms. The number of benzene rings is 2. The van der Waals surface area contributed by atoms with Crippen LogP contribution in [0.5, 0.6) is 0 Å². The molecule has 0 aliphatic carbocycles. The van der Waals surface area contributed by atoms with Crippen molar-refractivity contribution in [1.82, 2.24) is 24.5 Å². The first-order valence-electron chi connectivity index (χ1n) is 9.04. The van der Waals surface area contributed by atoms with Crippen molar-refractivity contribution < 1.29 is 8.42 Å². The fourth-order valence-corrected chi connectivity index (χ4v) is 5.32. The number of aromatic nitrogens is 4. The molecule has 1 aliphatic rings. The summed E-state index contributed by atoms with van der Waals surface area (Å²) in [5.74, 6) is 0. The Kier molecular flexibility index (Phi) is 5.00. The summed E-state index contributed by atoms with van der Waals surface area (Å²) in [6.07, 6.45) is 4.99. The van der Waals surface area contributed by atoms with Crippen molar-refractivity contribution in [2.45, 2.75) is 36.6 Å². The van der Waals surface area contributed by atoms with Crippen molar-refractivity contribution in [1.29, 1.82) is 0 Å². The van der Waals surface area contributed by atoms with E-state index in [1.807, 2.05) is 18.2 Å². The summed E-state index contributed by atoms with van der Waals surface area (Å²) in [6, 6.07) is 16.8. The maximum atomic E-state index is 13.4. The topological polar surface area (TPSA) is 81.0 Å². The third kappa shape index (κ3) is 3.77. The molecule has 140 valence electrons. The molecule has 8 heteroatoms. The minimum absolute atomic E-state index is 0.0251. The molecule has 3 aromatic rings. The van der Waals surface area contributed by atoms with Crippen molar-refractivity contribution in [2.24, 2.45) is 0 Å². The molecule has 27 heavy (non-hydrogen) atoms. The Morgan fingerprint density at radius 2 is 1.89 bits per heavy atom. The van der Waals surface area contributed by atoms with Crippen LogP contribution in [0, 0.1) is 0 Å². The first kappa shape index (κ1) is 17.8. The fourth-order valence-electron chi connectivity index (χ4n) is 3.58. The van der Waals surface area contributed by atoms with Gasteiger partial charge < -0.3 is 0 Å². The highest BCUT2D eigenvalue weighted by molar-refractivity contribution is 7.89. The van der Waals surface area contributed by atoms with Gasteiger partial charge in [-0.3, -0.25) is 0 Å². The number of nitrogens with zero attached hydrogens (tertiary/aromatic N) is 5. The Bertz CT molecular complexity index is 990. The molecule has 1 aliphatic heterocycles. The first-order valence-corrected chi connectivity index (χ1v) is 10.5. The second-order valence-corrected chi connectivity index (χ2v) is 8.60. The molecule has 0 saturated carbocycles. The van der Waals surface area contributed by atoms with Gasteiger partial charge in [-0.2, -0.15) is 4.31 Å². The Morgan fingerprint density at radius 1 is 1.04 bits per heavy atom. The highest BCUT2D eigenvalue weighted by Gasteiger charge is 2.33. The molecule has 0 spiro atoms. The van der Waals surface area contributed by atoms with Gasteiger partial charge in [0.05, 0.1) is 10.6 Å². The van der Waals surface area contributed by atoms with Crippen molar-refractivity contribution in [3.63, 3.8) is 0 Å². The van der Waals surface area contributed by atoms with E-state index >= 15 is 0 Å². The van der Waals surface area contributed by atoms with E-state index in [0.29, 0.717) is 12.2 Å². The molecule has 4 rings (SSSR count). The number of piperidine rings is 1. The maximum Gasteiger partial charge on any atom is 0.243 e.